The highest BCUT2D eigenvalue weighted by molar-refractivity contribution is 6.48. The number of urea groups is 1. The molecular formula is C25H27FN5O4+. The number of methoxy groups -OCH3 is 1. The number of rotatable bonds is 7. The molecule has 0 spiro atoms. The van der Waals surface area contributed by atoms with Crippen LogP contribution in [0.1, 0.15) is 25.0 Å². The van der Waals surface area contributed by atoms with Gasteiger partial charge in [-0.25, -0.2) is 9.18 Å². The zero-order valence-corrected chi connectivity index (χ0v) is 20.0. The Labute approximate surface area is 202 Å². The van der Waals surface area contributed by atoms with Crippen molar-refractivity contribution in [2.45, 2.75) is 33.4 Å². The van der Waals surface area contributed by atoms with E-state index in [0.717, 1.165) is 10.5 Å². The summed E-state index contributed by atoms with van der Waals surface area (Å²) in [5.74, 6) is -0.813. The highest BCUT2D eigenvalue weighted by Gasteiger charge is 2.54. The summed E-state index contributed by atoms with van der Waals surface area (Å²) in [7, 11) is 1.51. The second-order valence-corrected chi connectivity index (χ2v) is 8.40. The number of carbonyl (C=O) groups is 3. The van der Waals surface area contributed by atoms with Crippen LogP contribution in [-0.4, -0.2) is 70.0 Å². The predicted octanol–water partition coefficient (Wildman–Crippen LogP) is 2.78. The number of carbonyl (C=O) groups excluding carboxylic acids is 3. The topological polar surface area (TPSA) is 94.3 Å². The maximum absolute atomic E-state index is 13.5. The molecule has 0 fully saturated rings. The van der Waals surface area contributed by atoms with Gasteiger partial charge in [0.05, 0.1) is 12.8 Å². The fourth-order valence-corrected chi connectivity index (χ4v) is 4.30. The molecule has 0 aromatic heterocycles. The van der Waals surface area contributed by atoms with Gasteiger partial charge in [0.2, 0.25) is 6.04 Å². The Morgan fingerprint density at radius 1 is 1.17 bits per heavy atom. The van der Waals surface area contributed by atoms with Crippen molar-refractivity contribution in [2.75, 3.05) is 25.5 Å². The number of hydrogen-bond acceptors (Lipinski definition) is 6. The first-order valence-corrected chi connectivity index (χ1v) is 11.2. The standard InChI is InChI=1S/C25H26FN5O4/c1-5-31-23-22(16(3)28-31)29(14-21(32)27-19-12-15(2)6-11-20(19)35-4)25(34)30(24(23)33)13-17-7-9-18(26)10-8-17/h6-12,23H,5,13-14H2,1-4H3/p+1. The minimum Gasteiger partial charge on any atom is -0.495 e. The van der Waals surface area contributed by atoms with Gasteiger partial charge in [0.25, 0.3) is 5.91 Å². The summed E-state index contributed by atoms with van der Waals surface area (Å²) < 4.78 is 20.0. The Balaban J connectivity index is 1.67. The van der Waals surface area contributed by atoms with E-state index in [-0.39, 0.29) is 13.1 Å². The van der Waals surface area contributed by atoms with Gasteiger partial charge in [-0.1, -0.05) is 18.2 Å². The number of aryl methyl sites for hydroxylation is 1. The molecule has 0 saturated carbocycles. The molecule has 9 nitrogen and oxygen atoms in total. The van der Waals surface area contributed by atoms with Gasteiger partial charge in [0, 0.05) is 6.54 Å². The quantitative estimate of drug-likeness (QED) is 0.615. The van der Waals surface area contributed by atoms with Gasteiger partial charge in [-0.2, -0.15) is 19.4 Å². The van der Waals surface area contributed by atoms with Crippen LogP contribution in [0.2, 0.25) is 0 Å². The van der Waals surface area contributed by atoms with E-state index >= 15 is 0 Å². The molecule has 1 N–H and O–H groups in total. The van der Waals surface area contributed by atoms with E-state index in [0.29, 0.717) is 35.0 Å². The normalized spacial score (nSPS) is 17.5. The summed E-state index contributed by atoms with van der Waals surface area (Å²) in [5.41, 5.74) is 2.89. The van der Waals surface area contributed by atoms with E-state index < -0.39 is 29.7 Å². The first kappa shape index (κ1) is 24.1. The number of nitrogens with one attached hydrogen (secondary N) is 1. The summed E-state index contributed by atoms with van der Waals surface area (Å²) >= 11 is 0. The number of imide groups is 1. The van der Waals surface area contributed by atoms with Gasteiger partial charge in [-0.3, -0.25) is 9.80 Å². The van der Waals surface area contributed by atoms with Crippen LogP contribution < -0.4 is 10.1 Å². The lowest BCUT2D eigenvalue weighted by atomic mass is 10.0. The van der Waals surface area contributed by atoms with E-state index in [2.05, 4.69) is 10.4 Å². The number of hydrazone groups is 1. The van der Waals surface area contributed by atoms with Crippen LogP contribution in [0.4, 0.5) is 14.9 Å². The first-order valence-electron chi connectivity index (χ1n) is 11.2. The fraction of sp³-hybridized carbons (Fsp3) is 0.320. The largest absolute Gasteiger partial charge is 0.501 e. The third-order valence-electron chi connectivity index (χ3n) is 5.97. The second-order valence-electron chi connectivity index (χ2n) is 8.40. The lowest BCUT2D eigenvalue weighted by molar-refractivity contribution is -0.427. The lowest BCUT2D eigenvalue weighted by Crippen LogP contribution is -2.61. The van der Waals surface area contributed by atoms with Gasteiger partial charge >= 0.3 is 11.9 Å². The van der Waals surface area contributed by atoms with Crippen LogP contribution >= 0.6 is 0 Å². The monoisotopic (exact) mass is 480 g/mol. The molecular weight excluding hydrogens is 453 g/mol. The Bertz CT molecular complexity index is 1260. The molecule has 0 aliphatic carbocycles. The van der Waals surface area contributed by atoms with Crippen LogP contribution in [0, 0.1) is 12.7 Å². The van der Waals surface area contributed by atoms with Crippen molar-refractivity contribution in [3.05, 3.63) is 59.4 Å². The smallest absolute Gasteiger partial charge is 0.495 e. The summed E-state index contributed by atoms with van der Waals surface area (Å²) in [5, 5.41) is 8.85. The Morgan fingerprint density at radius 2 is 1.89 bits per heavy atom. The maximum atomic E-state index is 13.5. The number of halogens is 1. The number of nitrogens with zero attached hydrogens (tertiary/aromatic N) is 4. The molecule has 4 rings (SSSR count). The van der Waals surface area contributed by atoms with Crippen molar-refractivity contribution in [3.8, 4) is 5.75 Å². The Kier molecular flexibility index (Phi) is 6.63. The molecule has 0 bridgehead atoms. The number of ether oxygens (including phenoxy) is 1. The van der Waals surface area contributed by atoms with Gasteiger partial charge in [0.15, 0.2) is 12.3 Å². The average molecular weight is 481 g/mol. The molecule has 2 aromatic rings. The number of benzene rings is 2. The lowest BCUT2D eigenvalue weighted by Gasteiger charge is -2.28. The fourth-order valence-electron chi connectivity index (χ4n) is 4.30. The van der Waals surface area contributed by atoms with Crippen molar-refractivity contribution in [3.63, 3.8) is 0 Å². The van der Waals surface area contributed by atoms with E-state index in [4.69, 9.17) is 4.74 Å². The molecule has 2 aliphatic rings. The molecule has 182 valence electrons. The molecule has 10 heteroatoms. The van der Waals surface area contributed by atoms with Crippen molar-refractivity contribution in [1.29, 1.82) is 0 Å². The van der Waals surface area contributed by atoms with Crippen molar-refractivity contribution in [2.24, 2.45) is 5.10 Å². The molecule has 4 amide bonds. The first-order chi connectivity index (χ1) is 16.7. The zero-order valence-electron chi connectivity index (χ0n) is 20.0. The number of amides is 4. The van der Waals surface area contributed by atoms with Gasteiger partial charge in [-0.05, 0) is 56.2 Å². The third kappa shape index (κ3) is 4.64. The molecule has 0 radical (unpaired) electrons. The SMILES string of the molecule is CCN1N=C(C)C2=[N+](CC(=O)Nc3cc(C)ccc3OC)C(=O)N(Cc3ccc(F)cc3)C(=O)C21. The molecule has 1 atom stereocenters. The van der Waals surface area contributed by atoms with E-state index in [1.165, 1.54) is 36.0 Å². The highest BCUT2D eigenvalue weighted by atomic mass is 19.1. The third-order valence-corrected chi connectivity index (χ3v) is 5.97. The van der Waals surface area contributed by atoms with Gasteiger partial charge in [-0.15, -0.1) is 0 Å². The van der Waals surface area contributed by atoms with E-state index in [1.807, 2.05) is 19.9 Å². The Hall–Kier alpha value is -4.08. The zero-order chi connectivity index (χ0) is 25.3. The number of likely N-dealkylation sites (N-methyl/N-ethyl adjacent to an activating group) is 1. The minimum absolute atomic E-state index is 0.0534. The molecule has 2 heterocycles. The molecule has 2 aromatic carbocycles. The van der Waals surface area contributed by atoms with Gasteiger partial charge in [0.1, 0.15) is 23.8 Å². The summed E-state index contributed by atoms with van der Waals surface area (Å²) in [6.07, 6.45) is 0. The molecule has 0 saturated heterocycles. The maximum Gasteiger partial charge on any atom is 0.501 e. The second kappa shape index (κ2) is 9.65. The molecule has 2 aliphatic heterocycles. The number of fused-ring (bicyclic) bond motifs is 1. The predicted molar refractivity (Wildman–Crippen MR) is 128 cm³/mol. The van der Waals surface area contributed by atoms with E-state index in [1.54, 1.807) is 24.1 Å². The Morgan fingerprint density at radius 3 is 2.54 bits per heavy atom. The van der Waals surface area contributed by atoms with Crippen LogP contribution in [0.5, 0.6) is 5.75 Å². The number of anilines is 1. The molecule has 35 heavy (non-hydrogen) atoms. The van der Waals surface area contributed by atoms with Crippen molar-refractivity contribution < 1.29 is 28.1 Å². The van der Waals surface area contributed by atoms with E-state index in [9.17, 15) is 18.8 Å². The highest BCUT2D eigenvalue weighted by Crippen LogP contribution is 2.26. The number of hydrogen-bond donors (Lipinski definition) is 1. The summed E-state index contributed by atoms with van der Waals surface area (Å²) in [6.45, 7) is 5.52. The van der Waals surface area contributed by atoms with Crippen molar-refractivity contribution in [1.82, 2.24) is 9.91 Å². The van der Waals surface area contributed by atoms with Crippen molar-refractivity contribution >= 4 is 35.0 Å². The molecule has 1 unspecified atom stereocenters. The average Bonchev–Trinajstić information content (AvgIpc) is 3.17. The minimum atomic E-state index is -0.820. The van der Waals surface area contributed by atoms with Crippen LogP contribution in [-0.2, 0) is 16.1 Å². The summed E-state index contributed by atoms with van der Waals surface area (Å²) in [4.78, 5) is 41.1. The van der Waals surface area contributed by atoms with Crippen LogP contribution in [0.15, 0.2) is 47.6 Å². The summed E-state index contributed by atoms with van der Waals surface area (Å²) in [6, 6.07) is 9.51. The van der Waals surface area contributed by atoms with Gasteiger partial charge < -0.3 is 10.1 Å². The van der Waals surface area contributed by atoms with Crippen LogP contribution in [0.3, 0.4) is 0 Å². The van der Waals surface area contributed by atoms with Crippen LogP contribution in [0.25, 0.3) is 0 Å².